The molecule has 0 unspecified atom stereocenters. The second-order valence-corrected chi connectivity index (χ2v) is 7.71. The molecule has 2 N–H and O–H groups in total. The fraction of sp³-hybridized carbons (Fsp3) is 0.474. The highest BCUT2D eigenvalue weighted by Gasteiger charge is 2.45. The summed E-state index contributed by atoms with van der Waals surface area (Å²) in [6.07, 6.45) is 4.59. The van der Waals surface area contributed by atoms with Crippen LogP contribution in [0.3, 0.4) is 0 Å². The number of aliphatic hydroxyl groups is 1. The van der Waals surface area contributed by atoms with Gasteiger partial charge in [-0.2, -0.15) is 5.10 Å². The summed E-state index contributed by atoms with van der Waals surface area (Å²) in [7, 11) is 0. The number of carbonyl (C=O) groups excluding carboxylic acids is 1. The summed E-state index contributed by atoms with van der Waals surface area (Å²) in [5.74, 6) is -0.0362. The third-order valence-corrected chi connectivity index (χ3v) is 5.96. The van der Waals surface area contributed by atoms with Gasteiger partial charge in [0.15, 0.2) is 0 Å². The molecule has 2 heterocycles. The predicted octanol–water partition coefficient (Wildman–Crippen LogP) is 3.50. The lowest BCUT2D eigenvalue weighted by atomic mass is 9.76. The molecule has 2 aromatic rings. The van der Waals surface area contributed by atoms with Gasteiger partial charge in [-0.25, -0.2) is 0 Å². The van der Waals surface area contributed by atoms with Gasteiger partial charge in [0.25, 0.3) is 5.91 Å². The first kappa shape index (κ1) is 16.6. The summed E-state index contributed by atoms with van der Waals surface area (Å²) in [5, 5.41) is 18.2. The van der Waals surface area contributed by atoms with Crippen molar-refractivity contribution < 1.29 is 9.90 Å². The van der Waals surface area contributed by atoms with Gasteiger partial charge in [-0.3, -0.25) is 9.89 Å². The van der Waals surface area contributed by atoms with E-state index in [-0.39, 0.29) is 17.4 Å². The number of halogens is 1. The first-order valence-electron chi connectivity index (χ1n) is 8.86. The molecule has 4 rings (SSSR count). The van der Waals surface area contributed by atoms with E-state index in [4.69, 9.17) is 11.6 Å². The summed E-state index contributed by atoms with van der Waals surface area (Å²) >= 11 is 5.92. The number of nitrogens with one attached hydrogen (secondary N) is 1. The van der Waals surface area contributed by atoms with E-state index in [9.17, 15) is 9.90 Å². The molecule has 1 aromatic heterocycles. The molecule has 1 saturated carbocycles. The molecule has 1 aliphatic carbocycles. The number of likely N-dealkylation sites (tertiary alicyclic amines) is 1. The molecule has 5 nitrogen and oxygen atoms in total. The van der Waals surface area contributed by atoms with E-state index in [1.807, 2.05) is 29.2 Å². The summed E-state index contributed by atoms with van der Waals surface area (Å²) in [4.78, 5) is 14.8. The molecule has 1 aliphatic heterocycles. The maximum atomic E-state index is 12.9. The van der Waals surface area contributed by atoms with Gasteiger partial charge in [0.05, 0.1) is 11.8 Å². The number of carbonyl (C=O) groups is 1. The van der Waals surface area contributed by atoms with Crippen molar-refractivity contribution in [1.29, 1.82) is 0 Å². The molecule has 2 aliphatic rings. The Labute approximate surface area is 152 Å². The van der Waals surface area contributed by atoms with Gasteiger partial charge in [0.2, 0.25) is 0 Å². The van der Waals surface area contributed by atoms with Crippen LogP contribution in [0.15, 0.2) is 30.3 Å². The van der Waals surface area contributed by atoms with Gasteiger partial charge in [0, 0.05) is 29.1 Å². The van der Waals surface area contributed by atoms with Crippen molar-refractivity contribution in [3.63, 3.8) is 0 Å². The SMILES string of the molecule is O=C(c1cc(-c2ccc(Cl)cc2)n[nH]1)N1CCC[C@]2(CCC[C@H]2O)C1. The van der Waals surface area contributed by atoms with Crippen molar-refractivity contribution in [1.82, 2.24) is 15.1 Å². The first-order valence-corrected chi connectivity index (χ1v) is 9.24. The summed E-state index contributed by atoms with van der Waals surface area (Å²) in [5.41, 5.74) is 2.04. The highest BCUT2D eigenvalue weighted by Crippen LogP contribution is 2.45. The molecule has 132 valence electrons. The topological polar surface area (TPSA) is 69.2 Å². The number of rotatable bonds is 2. The van der Waals surface area contributed by atoms with Crippen LogP contribution in [0.2, 0.25) is 5.02 Å². The second-order valence-electron chi connectivity index (χ2n) is 7.27. The standard InChI is InChI=1S/C19H22ClN3O2/c20-14-6-4-13(5-7-14)15-11-16(22-21-15)18(25)23-10-2-9-19(12-23)8-1-3-17(19)24/h4-7,11,17,24H,1-3,8-10,12H2,(H,21,22)/t17-,19-/m1/s1. The van der Waals surface area contributed by atoms with Gasteiger partial charge < -0.3 is 10.0 Å². The van der Waals surface area contributed by atoms with Crippen LogP contribution in [0.5, 0.6) is 0 Å². The van der Waals surface area contributed by atoms with E-state index in [0.29, 0.717) is 17.3 Å². The Bertz CT molecular complexity index is 773. The highest BCUT2D eigenvalue weighted by atomic mass is 35.5. The number of nitrogens with zero attached hydrogens (tertiary/aromatic N) is 2. The van der Waals surface area contributed by atoms with E-state index in [0.717, 1.165) is 49.9 Å². The maximum Gasteiger partial charge on any atom is 0.271 e. The highest BCUT2D eigenvalue weighted by molar-refractivity contribution is 6.30. The van der Waals surface area contributed by atoms with Crippen molar-refractivity contribution in [3.8, 4) is 11.3 Å². The van der Waals surface area contributed by atoms with Crippen molar-refractivity contribution in [2.45, 2.75) is 38.2 Å². The quantitative estimate of drug-likeness (QED) is 0.862. The normalized spacial score (nSPS) is 26.3. The molecule has 2 fully saturated rings. The van der Waals surface area contributed by atoms with Crippen LogP contribution in [-0.4, -0.2) is 45.3 Å². The van der Waals surface area contributed by atoms with Crippen LogP contribution < -0.4 is 0 Å². The smallest absolute Gasteiger partial charge is 0.271 e. The second kappa shape index (κ2) is 6.46. The number of aromatic nitrogens is 2. The fourth-order valence-electron chi connectivity index (χ4n) is 4.30. The fourth-order valence-corrected chi connectivity index (χ4v) is 4.43. The van der Waals surface area contributed by atoms with E-state index in [1.165, 1.54) is 0 Å². The van der Waals surface area contributed by atoms with Crippen molar-refractivity contribution in [2.24, 2.45) is 5.41 Å². The summed E-state index contributed by atoms with van der Waals surface area (Å²) < 4.78 is 0. The molecule has 1 amide bonds. The molecule has 1 spiro atoms. The minimum absolute atomic E-state index is 0.0362. The molecular formula is C19H22ClN3O2. The number of piperidine rings is 1. The first-order chi connectivity index (χ1) is 12.1. The molecule has 6 heteroatoms. The zero-order valence-electron chi connectivity index (χ0n) is 14.0. The molecule has 0 bridgehead atoms. The van der Waals surface area contributed by atoms with Crippen LogP contribution >= 0.6 is 11.6 Å². The van der Waals surface area contributed by atoms with E-state index >= 15 is 0 Å². The number of hydrogen-bond acceptors (Lipinski definition) is 3. The maximum absolute atomic E-state index is 12.9. The Morgan fingerprint density at radius 3 is 2.76 bits per heavy atom. The number of amides is 1. The number of aromatic amines is 1. The molecule has 25 heavy (non-hydrogen) atoms. The third-order valence-electron chi connectivity index (χ3n) is 5.70. The van der Waals surface area contributed by atoms with Gasteiger partial charge >= 0.3 is 0 Å². The van der Waals surface area contributed by atoms with Crippen molar-refractivity contribution in [3.05, 3.63) is 41.0 Å². The van der Waals surface area contributed by atoms with Crippen LogP contribution in [0, 0.1) is 5.41 Å². The summed E-state index contributed by atoms with van der Waals surface area (Å²) in [6, 6.07) is 9.18. The molecule has 0 radical (unpaired) electrons. The van der Waals surface area contributed by atoms with Crippen molar-refractivity contribution in [2.75, 3.05) is 13.1 Å². The minimum atomic E-state index is -0.283. The molecule has 1 aromatic carbocycles. The molecular weight excluding hydrogens is 338 g/mol. The van der Waals surface area contributed by atoms with E-state index < -0.39 is 0 Å². The van der Waals surface area contributed by atoms with Gasteiger partial charge in [-0.1, -0.05) is 30.2 Å². The van der Waals surface area contributed by atoms with Crippen molar-refractivity contribution >= 4 is 17.5 Å². The van der Waals surface area contributed by atoms with E-state index in [1.54, 1.807) is 6.07 Å². The number of hydrogen-bond donors (Lipinski definition) is 2. The monoisotopic (exact) mass is 359 g/mol. The Balaban J connectivity index is 1.52. The minimum Gasteiger partial charge on any atom is -0.392 e. The number of H-pyrrole nitrogens is 1. The molecule has 2 atom stereocenters. The van der Waals surface area contributed by atoms with Crippen LogP contribution in [0.4, 0.5) is 0 Å². The third kappa shape index (κ3) is 3.07. The lowest BCUT2D eigenvalue weighted by Crippen LogP contribution is -2.49. The average molecular weight is 360 g/mol. The largest absolute Gasteiger partial charge is 0.392 e. The number of aliphatic hydroxyl groups excluding tert-OH is 1. The van der Waals surface area contributed by atoms with Gasteiger partial charge in [-0.15, -0.1) is 0 Å². The van der Waals surface area contributed by atoms with Crippen LogP contribution in [0.1, 0.15) is 42.6 Å². The Morgan fingerprint density at radius 1 is 1.28 bits per heavy atom. The van der Waals surface area contributed by atoms with Gasteiger partial charge in [-0.05, 0) is 43.9 Å². The lowest BCUT2D eigenvalue weighted by Gasteiger charge is -2.42. The van der Waals surface area contributed by atoms with Crippen LogP contribution in [-0.2, 0) is 0 Å². The molecule has 1 saturated heterocycles. The Morgan fingerprint density at radius 2 is 2.04 bits per heavy atom. The Hall–Kier alpha value is -1.85. The number of benzene rings is 1. The summed E-state index contributed by atoms with van der Waals surface area (Å²) in [6.45, 7) is 1.38. The zero-order chi connectivity index (χ0) is 17.4. The lowest BCUT2D eigenvalue weighted by molar-refractivity contribution is -0.00555. The zero-order valence-corrected chi connectivity index (χ0v) is 14.8. The average Bonchev–Trinajstić information content (AvgIpc) is 3.24. The predicted molar refractivity (Wildman–Crippen MR) is 96.5 cm³/mol. The van der Waals surface area contributed by atoms with Gasteiger partial charge in [0.1, 0.15) is 5.69 Å². The van der Waals surface area contributed by atoms with Crippen LogP contribution in [0.25, 0.3) is 11.3 Å². The Kier molecular flexibility index (Phi) is 4.29. The van der Waals surface area contributed by atoms with E-state index in [2.05, 4.69) is 10.2 Å².